The molecule has 0 N–H and O–H groups in total. The largest absolute Gasteiger partial charge is 0.302 e. The Kier molecular flexibility index (Phi) is 1.54. The van der Waals surface area contributed by atoms with Gasteiger partial charge in [-0.25, -0.2) is 0 Å². The molecule has 2 rings (SSSR count). The third-order valence-electron chi connectivity index (χ3n) is 2.75. The van der Waals surface area contributed by atoms with Gasteiger partial charge in [-0.2, -0.15) is 0 Å². The zero-order valence-electron chi connectivity index (χ0n) is 7.93. The van der Waals surface area contributed by atoms with Crippen molar-refractivity contribution in [2.75, 3.05) is 19.6 Å². The summed E-state index contributed by atoms with van der Waals surface area (Å²) < 4.78 is 0. The fourth-order valence-corrected chi connectivity index (χ4v) is 2.30. The molecule has 0 radical (unpaired) electrons. The number of fused-ring (bicyclic) bond motifs is 1. The number of likely N-dealkylation sites (tertiary alicyclic amines) is 1. The van der Waals surface area contributed by atoms with Gasteiger partial charge in [-0.05, 0) is 23.7 Å². The van der Waals surface area contributed by atoms with Crippen LogP contribution >= 0.6 is 0 Å². The number of piperidine rings is 1. The van der Waals surface area contributed by atoms with E-state index in [4.69, 9.17) is 0 Å². The van der Waals surface area contributed by atoms with Crippen molar-refractivity contribution in [2.45, 2.75) is 27.2 Å². The summed E-state index contributed by atoms with van der Waals surface area (Å²) in [6.07, 6.45) is 1.53. The van der Waals surface area contributed by atoms with Gasteiger partial charge in [-0.1, -0.05) is 20.8 Å². The van der Waals surface area contributed by atoms with E-state index in [-0.39, 0.29) is 0 Å². The summed E-state index contributed by atoms with van der Waals surface area (Å²) in [7, 11) is 0. The van der Waals surface area contributed by atoms with Gasteiger partial charge in [0.05, 0.1) is 0 Å². The molecule has 1 aliphatic carbocycles. The predicted molar refractivity (Wildman–Crippen MR) is 47.5 cm³/mol. The van der Waals surface area contributed by atoms with E-state index >= 15 is 0 Å². The molecule has 0 aromatic heterocycles. The molecule has 2 aliphatic rings. The molecule has 1 aliphatic heterocycles. The maximum atomic E-state index is 2.64. The van der Waals surface area contributed by atoms with E-state index < -0.39 is 0 Å². The van der Waals surface area contributed by atoms with Gasteiger partial charge >= 0.3 is 0 Å². The minimum atomic E-state index is 0.497. The van der Waals surface area contributed by atoms with Crippen LogP contribution in [0.3, 0.4) is 0 Å². The van der Waals surface area contributed by atoms with Crippen LogP contribution in [0.1, 0.15) is 27.2 Å². The predicted octanol–water partition coefficient (Wildman–Crippen LogP) is 1.98. The molecule has 0 spiro atoms. The van der Waals surface area contributed by atoms with E-state index in [0.717, 1.165) is 11.8 Å². The lowest BCUT2D eigenvalue weighted by molar-refractivity contribution is 0.209. The van der Waals surface area contributed by atoms with Crippen molar-refractivity contribution in [1.82, 2.24) is 4.90 Å². The van der Waals surface area contributed by atoms with Crippen molar-refractivity contribution in [2.24, 2.45) is 17.3 Å². The molecule has 2 unspecified atom stereocenters. The van der Waals surface area contributed by atoms with Gasteiger partial charge in [0.15, 0.2) is 0 Å². The molecule has 0 bridgehead atoms. The molecule has 1 nitrogen and oxygen atoms in total. The fraction of sp³-hybridized carbons (Fsp3) is 1.00. The second-order valence-electron chi connectivity index (χ2n) is 5.51. The van der Waals surface area contributed by atoms with Crippen LogP contribution in [0.4, 0.5) is 0 Å². The topological polar surface area (TPSA) is 3.24 Å². The quantitative estimate of drug-likeness (QED) is 0.557. The highest BCUT2D eigenvalue weighted by molar-refractivity contribution is 4.97. The second kappa shape index (κ2) is 2.22. The van der Waals surface area contributed by atoms with Crippen molar-refractivity contribution >= 4 is 0 Å². The van der Waals surface area contributed by atoms with E-state index in [0.29, 0.717) is 5.41 Å². The normalized spacial score (nSPS) is 37.4. The van der Waals surface area contributed by atoms with Gasteiger partial charge in [0.2, 0.25) is 0 Å². The highest BCUT2D eigenvalue weighted by atomic mass is 15.2. The van der Waals surface area contributed by atoms with Crippen molar-refractivity contribution in [3.63, 3.8) is 0 Å². The van der Waals surface area contributed by atoms with Crippen LogP contribution < -0.4 is 0 Å². The van der Waals surface area contributed by atoms with Crippen molar-refractivity contribution in [1.29, 1.82) is 0 Å². The standard InChI is InChI=1S/C10H19N/c1-10(2,3)7-11-5-8-4-9(8)6-11/h8-9H,4-7H2,1-3H3. The number of nitrogens with zero attached hydrogens (tertiary/aromatic N) is 1. The van der Waals surface area contributed by atoms with Crippen molar-refractivity contribution in [3.05, 3.63) is 0 Å². The Balaban J connectivity index is 1.80. The van der Waals surface area contributed by atoms with Gasteiger partial charge in [0.1, 0.15) is 0 Å². The molecule has 1 saturated heterocycles. The maximum absolute atomic E-state index is 2.64. The first kappa shape index (κ1) is 7.60. The third-order valence-corrected chi connectivity index (χ3v) is 2.75. The molecule has 64 valence electrons. The average Bonchev–Trinajstić information content (AvgIpc) is 2.36. The molecule has 1 heteroatoms. The Hall–Kier alpha value is -0.0400. The summed E-state index contributed by atoms with van der Waals surface area (Å²) in [6, 6.07) is 0. The number of rotatable bonds is 1. The Bertz CT molecular complexity index is 147. The molecule has 0 aromatic carbocycles. The van der Waals surface area contributed by atoms with Gasteiger partial charge < -0.3 is 4.90 Å². The van der Waals surface area contributed by atoms with Crippen LogP contribution in [-0.2, 0) is 0 Å². The first-order valence-corrected chi connectivity index (χ1v) is 4.77. The monoisotopic (exact) mass is 153 g/mol. The fourth-order valence-electron chi connectivity index (χ4n) is 2.30. The summed E-state index contributed by atoms with van der Waals surface area (Å²) in [6.45, 7) is 11.1. The molecular formula is C10H19N. The summed E-state index contributed by atoms with van der Waals surface area (Å²) >= 11 is 0. The van der Waals surface area contributed by atoms with E-state index in [9.17, 15) is 0 Å². The molecule has 11 heavy (non-hydrogen) atoms. The number of hydrogen-bond acceptors (Lipinski definition) is 1. The summed E-state index contributed by atoms with van der Waals surface area (Å²) in [5.74, 6) is 2.19. The number of hydrogen-bond donors (Lipinski definition) is 0. The summed E-state index contributed by atoms with van der Waals surface area (Å²) in [4.78, 5) is 2.64. The molecule has 1 saturated carbocycles. The Morgan fingerprint density at radius 3 is 2.18 bits per heavy atom. The zero-order valence-corrected chi connectivity index (χ0v) is 7.93. The zero-order chi connectivity index (χ0) is 8.06. The van der Waals surface area contributed by atoms with Crippen LogP contribution in [0.15, 0.2) is 0 Å². The van der Waals surface area contributed by atoms with E-state index in [2.05, 4.69) is 25.7 Å². The van der Waals surface area contributed by atoms with E-state index in [1.165, 1.54) is 26.1 Å². The summed E-state index contributed by atoms with van der Waals surface area (Å²) in [5, 5.41) is 0. The minimum Gasteiger partial charge on any atom is -0.302 e. The Morgan fingerprint density at radius 2 is 1.73 bits per heavy atom. The minimum absolute atomic E-state index is 0.497. The van der Waals surface area contributed by atoms with Gasteiger partial charge in [-0.3, -0.25) is 0 Å². The molecule has 0 aromatic rings. The summed E-state index contributed by atoms with van der Waals surface area (Å²) in [5.41, 5.74) is 0.497. The molecule has 0 amide bonds. The smallest absolute Gasteiger partial charge is 0.00303 e. The lowest BCUT2D eigenvalue weighted by Gasteiger charge is -2.27. The first-order chi connectivity index (χ1) is 5.04. The van der Waals surface area contributed by atoms with Crippen LogP contribution in [0.2, 0.25) is 0 Å². The average molecular weight is 153 g/mol. The second-order valence-corrected chi connectivity index (χ2v) is 5.51. The molecule has 2 atom stereocenters. The van der Waals surface area contributed by atoms with Crippen LogP contribution in [0.5, 0.6) is 0 Å². The van der Waals surface area contributed by atoms with Crippen LogP contribution in [0, 0.1) is 17.3 Å². The van der Waals surface area contributed by atoms with E-state index in [1.807, 2.05) is 0 Å². The van der Waals surface area contributed by atoms with Crippen LogP contribution in [-0.4, -0.2) is 24.5 Å². The van der Waals surface area contributed by atoms with Crippen molar-refractivity contribution < 1.29 is 0 Å². The highest BCUT2D eigenvalue weighted by Gasteiger charge is 2.45. The first-order valence-electron chi connectivity index (χ1n) is 4.77. The third kappa shape index (κ3) is 1.76. The van der Waals surface area contributed by atoms with Gasteiger partial charge in [-0.15, -0.1) is 0 Å². The Morgan fingerprint density at radius 1 is 1.18 bits per heavy atom. The van der Waals surface area contributed by atoms with Gasteiger partial charge in [0.25, 0.3) is 0 Å². The van der Waals surface area contributed by atoms with E-state index in [1.54, 1.807) is 0 Å². The van der Waals surface area contributed by atoms with Crippen LogP contribution in [0.25, 0.3) is 0 Å². The SMILES string of the molecule is CC(C)(C)CN1CC2CC2C1. The highest BCUT2D eigenvalue weighted by Crippen LogP contribution is 2.45. The van der Waals surface area contributed by atoms with Crippen molar-refractivity contribution in [3.8, 4) is 0 Å². The lowest BCUT2D eigenvalue weighted by Crippen LogP contribution is -2.32. The van der Waals surface area contributed by atoms with Gasteiger partial charge in [0, 0.05) is 19.6 Å². The molecular weight excluding hydrogens is 134 g/mol. The molecule has 1 heterocycles. The maximum Gasteiger partial charge on any atom is 0.00303 e. The molecule has 2 fully saturated rings. The lowest BCUT2D eigenvalue weighted by atomic mass is 9.96. The Labute approximate surface area is 69.8 Å².